The lowest BCUT2D eigenvalue weighted by atomic mass is 10.0. The van der Waals surface area contributed by atoms with Crippen LogP contribution >= 0.6 is 0 Å². The highest BCUT2D eigenvalue weighted by molar-refractivity contribution is 4.65. The van der Waals surface area contributed by atoms with E-state index in [4.69, 9.17) is 0 Å². The van der Waals surface area contributed by atoms with Crippen molar-refractivity contribution in [2.75, 3.05) is 0 Å². The van der Waals surface area contributed by atoms with Crippen LogP contribution in [0.1, 0.15) is 482 Å². The molecule has 0 radical (unpaired) electrons. The van der Waals surface area contributed by atoms with Crippen LogP contribution < -0.4 is 0 Å². The van der Waals surface area contributed by atoms with Crippen LogP contribution in [0.15, 0.2) is 12.7 Å². The van der Waals surface area contributed by atoms with Crippen LogP contribution in [0.25, 0.3) is 0 Å². The summed E-state index contributed by atoms with van der Waals surface area (Å²) < 4.78 is 0. The van der Waals surface area contributed by atoms with E-state index in [1.807, 2.05) is 0 Å². The zero-order valence-corrected chi connectivity index (χ0v) is 54.6. The molecule has 0 aromatic carbocycles. The molecule has 0 aromatic heterocycles. The highest BCUT2D eigenvalue weighted by atomic mass is 14.1. The third-order valence-corrected chi connectivity index (χ3v) is 18.5. The summed E-state index contributed by atoms with van der Waals surface area (Å²) in [5, 5.41) is 0. The average molecular weight is 1080 g/mol. The maximum Gasteiger partial charge on any atom is -0.0353 e. The first-order valence-electron chi connectivity index (χ1n) is 38.0. The molecule has 0 saturated carbocycles. The average Bonchev–Trinajstić information content (AvgIpc) is 3.44. The Hall–Kier alpha value is -0.260. The summed E-state index contributed by atoms with van der Waals surface area (Å²) >= 11 is 0. The van der Waals surface area contributed by atoms with Gasteiger partial charge in [0.25, 0.3) is 0 Å². The van der Waals surface area contributed by atoms with E-state index in [-0.39, 0.29) is 0 Å². The number of hydrogen-bond acceptors (Lipinski definition) is 0. The molecule has 0 rings (SSSR count). The summed E-state index contributed by atoms with van der Waals surface area (Å²) in [5.41, 5.74) is 0. The fourth-order valence-corrected chi connectivity index (χ4v) is 12.9. The van der Waals surface area contributed by atoms with Crippen LogP contribution in [0.3, 0.4) is 0 Å². The summed E-state index contributed by atoms with van der Waals surface area (Å²) in [4.78, 5) is 0. The van der Waals surface area contributed by atoms with E-state index in [2.05, 4.69) is 19.6 Å². The first-order valence-corrected chi connectivity index (χ1v) is 38.0. The van der Waals surface area contributed by atoms with Gasteiger partial charge >= 0.3 is 0 Å². The molecule has 0 saturated heterocycles. The number of unbranched alkanes of at least 4 members (excludes halogenated alkanes) is 73. The van der Waals surface area contributed by atoms with Crippen molar-refractivity contribution in [3.8, 4) is 0 Å². The van der Waals surface area contributed by atoms with E-state index >= 15 is 0 Å². The van der Waals surface area contributed by atoms with Crippen molar-refractivity contribution < 1.29 is 0 Å². The largest absolute Gasteiger partial charge is 0.103 e. The van der Waals surface area contributed by atoms with E-state index in [0.29, 0.717) is 0 Å². The number of allylic oxidation sites excluding steroid dienone is 1. The van der Waals surface area contributed by atoms with Gasteiger partial charge in [0, 0.05) is 0 Å². The molecule has 462 valence electrons. The second-order valence-corrected chi connectivity index (χ2v) is 26.5. The summed E-state index contributed by atoms with van der Waals surface area (Å²) in [6.45, 7) is 6.14. The lowest BCUT2D eigenvalue weighted by Gasteiger charge is -2.05. The minimum Gasteiger partial charge on any atom is -0.103 e. The van der Waals surface area contributed by atoms with Gasteiger partial charge in [-0.25, -0.2) is 0 Å². The van der Waals surface area contributed by atoms with Gasteiger partial charge in [-0.05, 0) is 12.8 Å². The second-order valence-electron chi connectivity index (χ2n) is 26.5. The predicted octanol–water partition coefficient (Wildman–Crippen LogP) is 30.1. The highest BCUT2D eigenvalue weighted by Crippen LogP contribution is 2.21. The molecule has 0 heterocycles. The summed E-state index contributed by atoms with van der Waals surface area (Å²) in [6.07, 6.45) is 112. The molecular weight excluding hydrogens is 925 g/mol. The van der Waals surface area contributed by atoms with E-state index in [1.54, 1.807) is 0 Å². The van der Waals surface area contributed by atoms with Gasteiger partial charge in [0.1, 0.15) is 0 Å². The third-order valence-electron chi connectivity index (χ3n) is 18.5. The molecule has 0 fully saturated rings. The SMILES string of the molecule is C=CCCCCCCCCCCCCCCCCCCCCCCCCCCCCCCCCCCCCCCCCCCCCCCCCCCCCCCCCCCCCCCCCCCCCCCCCCCC. The highest BCUT2D eigenvalue weighted by Gasteiger charge is 2.01. The van der Waals surface area contributed by atoms with Crippen LogP contribution in [0.5, 0.6) is 0 Å². The lowest BCUT2D eigenvalue weighted by molar-refractivity contribution is 0.506. The molecule has 0 unspecified atom stereocenters. The van der Waals surface area contributed by atoms with Crippen molar-refractivity contribution in [3.05, 3.63) is 12.7 Å². The second kappa shape index (κ2) is 75.7. The van der Waals surface area contributed by atoms with Crippen LogP contribution in [-0.2, 0) is 0 Å². The maximum absolute atomic E-state index is 3.82. The molecule has 0 N–H and O–H groups in total. The Morgan fingerprint density at radius 1 is 0.130 bits per heavy atom. The Labute approximate surface area is 492 Å². The minimum absolute atomic E-state index is 1.21. The van der Waals surface area contributed by atoms with Crippen LogP contribution in [0.2, 0.25) is 0 Å². The smallest absolute Gasteiger partial charge is 0.0353 e. The van der Waals surface area contributed by atoms with Gasteiger partial charge in [-0.1, -0.05) is 475 Å². The Morgan fingerprint density at radius 2 is 0.208 bits per heavy atom. The van der Waals surface area contributed by atoms with Crippen LogP contribution in [0, 0.1) is 0 Å². The Kier molecular flexibility index (Phi) is 75.5. The molecule has 0 aromatic rings. The monoisotopic (exact) mass is 1080 g/mol. The normalized spacial score (nSPS) is 11.7. The Bertz CT molecular complexity index is 963. The van der Waals surface area contributed by atoms with E-state index in [0.717, 1.165) is 0 Å². The maximum atomic E-state index is 3.82. The zero-order valence-electron chi connectivity index (χ0n) is 54.6. The first-order chi connectivity index (χ1) is 38.4. The van der Waals surface area contributed by atoms with Gasteiger partial charge in [-0.3, -0.25) is 0 Å². The van der Waals surface area contributed by atoms with Gasteiger partial charge in [0.15, 0.2) is 0 Å². The van der Waals surface area contributed by atoms with Crippen molar-refractivity contribution >= 4 is 0 Å². The van der Waals surface area contributed by atoms with Gasteiger partial charge in [-0.2, -0.15) is 0 Å². The van der Waals surface area contributed by atoms with Crippen molar-refractivity contribution in [1.82, 2.24) is 0 Å². The summed E-state index contributed by atoms with van der Waals surface area (Å²) in [7, 11) is 0. The van der Waals surface area contributed by atoms with E-state index < -0.39 is 0 Å². The summed E-state index contributed by atoms with van der Waals surface area (Å²) in [5.74, 6) is 0. The van der Waals surface area contributed by atoms with E-state index in [1.165, 1.54) is 475 Å². The Morgan fingerprint density at radius 3 is 0.286 bits per heavy atom. The van der Waals surface area contributed by atoms with E-state index in [9.17, 15) is 0 Å². The molecule has 0 aliphatic heterocycles. The quantitative estimate of drug-likeness (QED) is 0.0421. The molecule has 0 bridgehead atoms. The molecule has 0 aliphatic rings. The van der Waals surface area contributed by atoms with Crippen molar-refractivity contribution in [2.45, 2.75) is 482 Å². The Balaban J connectivity index is 3.08. The molecule has 0 heteroatoms. The van der Waals surface area contributed by atoms with Gasteiger partial charge in [0.05, 0.1) is 0 Å². The minimum atomic E-state index is 1.21. The predicted molar refractivity (Wildman–Crippen MR) is 358 cm³/mol. The van der Waals surface area contributed by atoms with Crippen molar-refractivity contribution in [1.29, 1.82) is 0 Å². The van der Waals surface area contributed by atoms with Crippen molar-refractivity contribution in [3.63, 3.8) is 0 Å². The number of hydrogen-bond donors (Lipinski definition) is 0. The van der Waals surface area contributed by atoms with Gasteiger partial charge < -0.3 is 0 Å². The fourth-order valence-electron chi connectivity index (χ4n) is 12.9. The molecule has 0 nitrogen and oxygen atoms in total. The van der Waals surface area contributed by atoms with Gasteiger partial charge in [0.2, 0.25) is 0 Å². The van der Waals surface area contributed by atoms with Gasteiger partial charge in [-0.15, -0.1) is 6.58 Å². The topological polar surface area (TPSA) is 0 Å². The molecule has 0 atom stereocenters. The molecule has 0 amide bonds. The van der Waals surface area contributed by atoms with Crippen LogP contribution in [0.4, 0.5) is 0 Å². The standard InChI is InChI=1S/C77H154/c1-3-5-7-9-11-13-15-17-19-21-23-25-27-29-31-33-35-37-39-41-43-45-47-49-51-53-55-57-59-61-63-65-67-69-71-73-75-77-76-74-72-70-68-66-64-62-60-58-56-54-52-50-48-46-44-42-40-38-36-34-32-30-28-26-24-22-20-18-16-14-12-10-8-6-4-2/h3H,1,4-77H2,2H3. The number of rotatable bonds is 74. The lowest BCUT2D eigenvalue weighted by Crippen LogP contribution is -1.85. The third kappa shape index (κ3) is 75.7. The molecular formula is C77H154. The van der Waals surface area contributed by atoms with Crippen LogP contribution in [-0.4, -0.2) is 0 Å². The summed E-state index contributed by atoms with van der Waals surface area (Å²) in [6, 6.07) is 0. The fraction of sp³-hybridized carbons (Fsp3) is 0.974. The first kappa shape index (κ1) is 76.7. The molecule has 0 spiro atoms. The molecule has 0 aliphatic carbocycles. The zero-order chi connectivity index (χ0) is 55.0. The molecule has 77 heavy (non-hydrogen) atoms. The van der Waals surface area contributed by atoms with Crippen molar-refractivity contribution in [2.24, 2.45) is 0 Å².